The Morgan fingerprint density at radius 2 is 1.70 bits per heavy atom. The molecule has 0 aliphatic heterocycles. The van der Waals surface area contributed by atoms with Gasteiger partial charge in [0.2, 0.25) is 5.91 Å². The van der Waals surface area contributed by atoms with Crippen LogP contribution in [0.2, 0.25) is 0 Å². The van der Waals surface area contributed by atoms with Gasteiger partial charge in [-0.05, 0) is 25.6 Å². The van der Waals surface area contributed by atoms with Gasteiger partial charge in [-0.1, -0.05) is 46.0 Å². The highest BCUT2D eigenvalue weighted by Gasteiger charge is 2.22. The Balaban J connectivity index is -0.000000306. The van der Waals surface area contributed by atoms with Crippen molar-refractivity contribution >= 4 is 24.8 Å². The van der Waals surface area contributed by atoms with E-state index in [-0.39, 0.29) is 18.2 Å². The first-order chi connectivity index (χ1) is 9.63. The summed E-state index contributed by atoms with van der Waals surface area (Å²) >= 11 is 3.53. The number of thiol groups is 1. The summed E-state index contributed by atoms with van der Waals surface area (Å²) in [7, 11) is 1.50. The summed E-state index contributed by atoms with van der Waals surface area (Å²) in [5.41, 5.74) is 9.51. The first-order valence-corrected chi connectivity index (χ1v) is 8.29. The van der Waals surface area contributed by atoms with Gasteiger partial charge in [0.15, 0.2) is 0 Å². The van der Waals surface area contributed by atoms with Crippen LogP contribution in [-0.4, -0.2) is 25.5 Å². The fourth-order valence-electron chi connectivity index (χ4n) is 1.60. The second-order valence-corrected chi connectivity index (χ2v) is 4.60. The monoisotopic (exact) mass is 306 g/mol. The summed E-state index contributed by atoms with van der Waals surface area (Å²) in [5.74, 6) is 0.166. The second kappa shape index (κ2) is 20.8. The smallest absolute Gasteiger partial charge is 0.218 e. The summed E-state index contributed by atoms with van der Waals surface area (Å²) in [5, 5.41) is 0. The molecule has 1 aliphatic carbocycles. The van der Waals surface area contributed by atoms with E-state index in [0.29, 0.717) is 5.92 Å². The second-order valence-electron chi connectivity index (χ2n) is 4.60. The van der Waals surface area contributed by atoms with Crippen molar-refractivity contribution in [2.24, 2.45) is 23.3 Å². The van der Waals surface area contributed by atoms with Crippen LogP contribution in [0.4, 0.5) is 0 Å². The van der Waals surface area contributed by atoms with Crippen LogP contribution in [0.15, 0.2) is 0 Å². The van der Waals surface area contributed by atoms with Gasteiger partial charge in [0.05, 0.1) is 0 Å². The van der Waals surface area contributed by atoms with Gasteiger partial charge in [-0.2, -0.15) is 12.6 Å². The zero-order chi connectivity index (χ0) is 16.4. The Hall–Kier alpha value is -0.550. The van der Waals surface area contributed by atoms with E-state index < -0.39 is 0 Å². The van der Waals surface area contributed by atoms with Crippen molar-refractivity contribution in [2.75, 3.05) is 13.3 Å². The quantitative estimate of drug-likeness (QED) is 0.521. The minimum Gasteiger partial charge on any atom is -0.370 e. The molecule has 0 heterocycles. The van der Waals surface area contributed by atoms with Crippen molar-refractivity contribution in [3.8, 4) is 0 Å². The molecule has 0 spiro atoms. The molecule has 5 heteroatoms. The van der Waals surface area contributed by atoms with Crippen molar-refractivity contribution in [1.82, 2.24) is 0 Å². The van der Waals surface area contributed by atoms with Gasteiger partial charge < -0.3 is 16.3 Å². The van der Waals surface area contributed by atoms with Crippen LogP contribution in [0.1, 0.15) is 58.8 Å². The molecule has 0 aromatic carbocycles. The average Bonchev–Trinajstić information content (AvgIpc) is 2.45. The molecule has 0 radical (unpaired) electrons. The lowest BCUT2D eigenvalue weighted by Gasteiger charge is -2.27. The number of unbranched alkanes of at least 4 members (excludes halogenated alkanes) is 1. The van der Waals surface area contributed by atoms with Crippen LogP contribution in [0.3, 0.4) is 0 Å². The zero-order valence-corrected chi connectivity index (χ0v) is 14.5. The number of hydrogen-bond donors (Lipinski definition) is 3. The summed E-state index contributed by atoms with van der Waals surface area (Å²) in [6, 6.07) is 0. The van der Waals surface area contributed by atoms with Gasteiger partial charge in [-0.3, -0.25) is 4.79 Å². The highest BCUT2D eigenvalue weighted by Crippen LogP contribution is 2.32. The molecule has 0 aromatic rings. The third-order valence-electron chi connectivity index (χ3n) is 3.02. The molecule has 1 atom stereocenters. The minimum absolute atomic E-state index is 0.132. The first kappa shape index (κ1) is 24.5. The number of aldehydes is 1. The van der Waals surface area contributed by atoms with Crippen molar-refractivity contribution < 1.29 is 9.59 Å². The Bertz CT molecular complexity index is 208. The van der Waals surface area contributed by atoms with E-state index in [9.17, 15) is 9.59 Å². The van der Waals surface area contributed by atoms with Crippen LogP contribution in [-0.2, 0) is 9.59 Å². The fraction of sp³-hybridized carbons (Fsp3) is 0.867. The zero-order valence-electron chi connectivity index (χ0n) is 13.6. The maximum Gasteiger partial charge on any atom is 0.218 e. The maximum atomic E-state index is 10.5. The van der Waals surface area contributed by atoms with Crippen LogP contribution < -0.4 is 11.5 Å². The molecule has 1 saturated carbocycles. The lowest BCUT2D eigenvalue weighted by atomic mass is 9.78. The molecule has 0 unspecified atom stereocenters. The van der Waals surface area contributed by atoms with Gasteiger partial charge in [0.1, 0.15) is 6.29 Å². The van der Waals surface area contributed by atoms with Crippen LogP contribution >= 0.6 is 12.6 Å². The third-order valence-corrected chi connectivity index (χ3v) is 3.02. The summed E-state index contributed by atoms with van der Waals surface area (Å²) in [6.07, 6.45) is 9.97. The largest absolute Gasteiger partial charge is 0.370 e. The van der Waals surface area contributed by atoms with Crippen molar-refractivity contribution in [3.05, 3.63) is 0 Å². The number of carbonyl (C=O) groups is 2. The number of primary amides is 1. The average molecular weight is 307 g/mol. The predicted molar refractivity (Wildman–Crippen MR) is 90.9 cm³/mol. The first-order valence-electron chi connectivity index (χ1n) is 7.40. The Kier molecular flexibility index (Phi) is 25.4. The van der Waals surface area contributed by atoms with Gasteiger partial charge in [0, 0.05) is 12.3 Å². The van der Waals surface area contributed by atoms with Gasteiger partial charge in [-0.15, -0.1) is 0 Å². The molecule has 1 aliphatic rings. The van der Waals surface area contributed by atoms with E-state index in [1.807, 2.05) is 0 Å². The van der Waals surface area contributed by atoms with E-state index >= 15 is 0 Å². The van der Waals surface area contributed by atoms with Crippen molar-refractivity contribution in [1.29, 1.82) is 0 Å². The molecule has 0 bridgehead atoms. The summed E-state index contributed by atoms with van der Waals surface area (Å²) in [6.45, 7) is 4.36. The van der Waals surface area contributed by atoms with Gasteiger partial charge in [-0.25, -0.2) is 0 Å². The molecule has 1 fully saturated rings. The number of nitrogens with two attached hydrogens (primary N) is 2. The summed E-state index contributed by atoms with van der Waals surface area (Å²) < 4.78 is 0. The normalized spacial score (nSPS) is 13.9. The molecule has 0 saturated heterocycles. The third kappa shape index (κ3) is 17.4. The Morgan fingerprint density at radius 1 is 1.25 bits per heavy atom. The molecule has 20 heavy (non-hydrogen) atoms. The minimum atomic E-state index is -0.369. The number of rotatable bonds is 6. The van der Waals surface area contributed by atoms with Gasteiger partial charge in [0.25, 0.3) is 0 Å². The number of carbonyl (C=O) groups excluding carboxylic acids is 2. The molecule has 4 nitrogen and oxygen atoms in total. The molecular formula is C15H34N2O2S. The molecule has 1 rings (SSSR count). The topological polar surface area (TPSA) is 86.2 Å². The van der Waals surface area contributed by atoms with Crippen molar-refractivity contribution in [2.45, 2.75) is 58.8 Å². The Labute approximate surface area is 130 Å². The molecule has 0 aromatic heterocycles. The summed E-state index contributed by atoms with van der Waals surface area (Å²) in [4.78, 5) is 21.0. The van der Waals surface area contributed by atoms with Crippen LogP contribution in [0.5, 0.6) is 0 Å². The van der Waals surface area contributed by atoms with Crippen molar-refractivity contribution in [3.63, 3.8) is 0 Å². The SMILES string of the molecule is CCCC.CN.CS.NC(=O)C[C@H](C=O)CC1CCC1. The molecule has 4 N–H and O–H groups in total. The molecule has 1 amide bonds. The fourth-order valence-corrected chi connectivity index (χ4v) is 1.60. The predicted octanol–water partition coefficient (Wildman–Crippen LogP) is 2.79. The molecule has 122 valence electrons. The standard InChI is InChI=1S/C9H15NO2.C4H10.CH5N.CH4S/c10-9(12)5-8(6-11)4-7-2-1-3-7;1-3-4-2;2*1-2/h6-8H,1-5H2,(H2,10,12);3-4H2,1-2H3;2H2,1H3;2H,1H3/t8-;;;/m1.../s1. The van der Waals surface area contributed by atoms with E-state index in [1.165, 1.54) is 39.2 Å². The number of hydrogen-bond acceptors (Lipinski definition) is 4. The van der Waals surface area contributed by atoms with E-state index in [0.717, 1.165) is 12.7 Å². The maximum absolute atomic E-state index is 10.5. The highest BCUT2D eigenvalue weighted by atomic mass is 32.1. The van der Waals surface area contributed by atoms with E-state index in [2.05, 4.69) is 32.2 Å². The van der Waals surface area contributed by atoms with Crippen LogP contribution in [0, 0.1) is 11.8 Å². The van der Waals surface area contributed by atoms with Gasteiger partial charge >= 0.3 is 0 Å². The Morgan fingerprint density at radius 3 is 1.90 bits per heavy atom. The lowest BCUT2D eigenvalue weighted by Crippen LogP contribution is -2.22. The van der Waals surface area contributed by atoms with Crippen LogP contribution in [0.25, 0.3) is 0 Å². The highest BCUT2D eigenvalue weighted by molar-refractivity contribution is 7.79. The van der Waals surface area contributed by atoms with E-state index in [4.69, 9.17) is 5.73 Å². The lowest BCUT2D eigenvalue weighted by molar-refractivity contribution is -0.122. The molecular weight excluding hydrogens is 272 g/mol. The number of amides is 1. The van der Waals surface area contributed by atoms with E-state index in [1.54, 1.807) is 6.26 Å².